The van der Waals surface area contributed by atoms with Gasteiger partial charge < -0.3 is 9.84 Å². The Balaban J connectivity index is 2.41. The number of benzene rings is 1. The molecule has 1 aromatic carbocycles. The van der Waals surface area contributed by atoms with Gasteiger partial charge in [0.25, 0.3) is 5.56 Å². The van der Waals surface area contributed by atoms with Crippen LogP contribution >= 0.6 is 0 Å². The van der Waals surface area contributed by atoms with Crippen LogP contribution in [0.3, 0.4) is 0 Å². The average Bonchev–Trinajstić information content (AvgIpc) is 2.50. The summed E-state index contributed by atoms with van der Waals surface area (Å²) >= 11 is 0. The third kappa shape index (κ3) is 3.62. The van der Waals surface area contributed by atoms with E-state index in [0.717, 1.165) is 0 Å². The van der Waals surface area contributed by atoms with Gasteiger partial charge in [-0.15, -0.1) is 0 Å². The lowest BCUT2D eigenvalue weighted by Crippen LogP contribution is -2.15. The van der Waals surface area contributed by atoms with Crippen molar-refractivity contribution in [1.29, 1.82) is 0 Å². The molecule has 21 heavy (non-hydrogen) atoms. The summed E-state index contributed by atoms with van der Waals surface area (Å²) in [6.07, 6.45) is 2.10. The van der Waals surface area contributed by atoms with Gasteiger partial charge in [0, 0.05) is 36.3 Å². The van der Waals surface area contributed by atoms with Gasteiger partial charge in [-0.25, -0.2) is 0 Å². The van der Waals surface area contributed by atoms with Crippen LogP contribution in [-0.4, -0.2) is 22.9 Å². The Kier molecular flexibility index (Phi) is 4.98. The molecule has 1 N–H and O–H groups in total. The zero-order chi connectivity index (χ0) is 15.1. The molecule has 0 radical (unpaired) electrons. The molecule has 0 spiro atoms. The maximum absolute atomic E-state index is 11.8. The number of aliphatic hydroxyl groups excluding tert-OH is 1. The van der Waals surface area contributed by atoms with Crippen LogP contribution in [-0.2, 0) is 0 Å². The molecule has 1 heterocycles. The number of hydrogen-bond acceptors (Lipinski definition) is 4. The Bertz CT molecular complexity index is 720. The number of rotatable bonds is 6. The summed E-state index contributed by atoms with van der Waals surface area (Å²) in [5.74, 6) is 0.370. The summed E-state index contributed by atoms with van der Waals surface area (Å²) in [5, 5.41) is 12.3. The number of pyridine rings is 1. The van der Waals surface area contributed by atoms with Gasteiger partial charge in [-0.2, -0.15) is 0 Å². The second kappa shape index (κ2) is 7.14. The SMILES string of the molecule is [N-]=[N+]=Nc1ccc(-n2ccccc2=O)cc1OCCCO. The van der Waals surface area contributed by atoms with Crippen molar-refractivity contribution in [1.82, 2.24) is 4.57 Å². The van der Waals surface area contributed by atoms with Crippen LogP contribution < -0.4 is 10.3 Å². The number of azide groups is 1. The van der Waals surface area contributed by atoms with Crippen molar-refractivity contribution in [3.63, 3.8) is 0 Å². The van der Waals surface area contributed by atoms with Gasteiger partial charge in [0.15, 0.2) is 0 Å². The lowest BCUT2D eigenvalue weighted by atomic mass is 10.2. The fourth-order valence-electron chi connectivity index (χ4n) is 1.79. The van der Waals surface area contributed by atoms with Gasteiger partial charge in [-0.3, -0.25) is 9.36 Å². The first kappa shape index (κ1) is 14.6. The van der Waals surface area contributed by atoms with E-state index in [1.807, 2.05) is 0 Å². The van der Waals surface area contributed by atoms with E-state index in [-0.39, 0.29) is 18.8 Å². The number of nitrogens with zero attached hydrogens (tertiary/aromatic N) is 4. The summed E-state index contributed by atoms with van der Waals surface area (Å²) in [4.78, 5) is 14.6. The minimum Gasteiger partial charge on any atom is -0.493 e. The summed E-state index contributed by atoms with van der Waals surface area (Å²) < 4.78 is 6.95. The quantitative estimate of drug-likeness (QED) is 0.382. The Morgan fingerprint density at radius 2 is 2.19 bits per heavy atom. The number of aliphatic hydroxyl groups is 1. The van der Waals surface area contributed by atoms with Crippen molar-refractivity contribution >= 4 is 5.69 Å². The highest BCUT2D eigenvalue weighted by Gasteiger charge is 2.06. The molecule has 0 saturated heterocycles. The molecule has 0 bridgehead atoms. The summed E-state index contributed by atoms with van der Waals surface area (Å²) in [6.45, 7) is 0.298. The fraction of sp³-hybridized carbons (Fsp3) is 0.214. The van der Waals surface area contributed by atoms with Gasteiger partial charge in [-0.05, 0) is 23.7 Å². The van der Waals surface area contributed by atoms with Crippen molar-refractivity contribution in [3.05, 3.63) is 63.4 Å². The van der Waals surface area contributed by atoms with E-state index in [9.17, 15) is 4.79 Å². The fourth-order valence-corrected chi connectivity index (χ4v) is 1.79. The van der Waals surface area contributed by atoms with Gasteiger partial charge in [-0.1, -0.05) is 11.2 Å². The van der Waals surface area contributed by atoms with E-state index in [0.29, 0.717) is 23.5 Å². The lowest BCUT2D eigenvalue weighted by molar-refractivity contribution is 0.234. The topological polar surface area (TPSA) is 100 Å². The largest absolute Gasteiger partial charge is 0.493 e. The van der Waals surface area contributed by atoms with E-state index in [4.69, 9.17) is 15.4 Å². The Labute approximate surface area is 120 Å². The van der Waals surface area contributed by atoms with Crippen LogP contribution in [0, 0.1) is 0 Å². The molecule has 1 aromatic heterocycles. The molecule has 2 aromatic rings. The highest BCUT2D eigenvalue weighted by atomic mass is 16.5. The Hall–Kier alpha value is -2.76. The number of ether oxygens (including phenoxy) is 1. The Morgan fingerprint density at radius 1 is 1.33 bits per heavy atom. The lowest BCUT2D eigenvalue weighted by Gasteiger charge is -2.11. The zero-order valence-corrected chi connectivity index (χ0v) is 11.2. The molecule has 2 rings (SSSR count). The molecule has 0 amide bonds. The van der Waals surface area contributed by atoms with Crippen LogP contribution in [0.4, 0.5) is 5.69 Å². The molecule has 0 aliphatic rings. The van der Waals surface area contributed by atoms with Crippen molar-refractivity contribution in [3.8, 4) is 11.4 Å². The smallest absolute Gasteiger partial charge is 0.255 e. The maximum atomic E-state index is 11.8. The second-order valence-electron chi connectivity index (χ2n) is 4.18. The molecule has 0 unspecified atom stereocenters. The van der Waals surface area contributed by atoms with Crippen LogP contribution in [0.25, 0.3) is 16.1 Å². The average molecular weight is 286 g/mol. The standard InChI is InChI=1S/C14H14N4O3/c15-17-16-12-6-5-11(10-13(12)21-9-3-8-19)18-7-2-1-4-14(18)20/h1-2,4-7,10,19H,3,8-9H2. The normalized spacial score (nSPS) is 9.95. The van der Waals surface area contributed by atoms with Gasteiger partial charge in [0.05, 0.1) is 18.0 Å². The molecule has 108 valence electrons. The zero-order valence-electron chi connectivity index (χ0n) is 11.2. The maximum Gasteiger partial charge on any atom is 0.255 e. The van der Waals surface area contributed by atoms with E-state index in [1.54, 1.807) is 36.5 Å². The minimum absolute atomic E-state index is 0.00862. The molecule has 0 atom stereocenters. The molecule has 7 heteroatoms. The van der Waals surface area contributed by atoms with Gasteiger partial charge >= 0.3 is 0 Å². The predicted molar refractivity (Wildman–Crippen MR) is 78.0 cm³/mol. The predicted octanol–water partition coefficient (Wildman–Crippen LogP) is 2.54. The molecular weight excluding hydrogens is 272 g/mol. The van der Waals surface area contributed by atoms with Crippen molar-refractivity contribution in [2.45, 2.75) is 6.42 Å². The van der Waals surface area contributed by atoms with Crippen LogP contribution in [0.1, 0.15) is 6.42 Å². The van der Waals surface area contributed by atoms with Crippen molar-refractivity contribution in [2.24, 2.45) is 5.11 Å². The number of aromatic nitrogens is 1. The first-order chi connectivity index (χ1) is 10.3. The summed E-state index contributed by atoms with van der Waals surface area (Å²) in [7, 11) is 0. The third-order valence-electron chi connectivity index (χ3n) is 2.76. The van der Waals surface area contributed by atoms with E-state index in [1.165, 1.54) is 10.6 Å². The van der Waals surface area contributed by atoms with E-state index in [2.05, 4.69) is 10.0 Å². The molecule has 0 saturated carbocycles. The second-order valence-corrected chi connectivity index (χ2v) is 4.18. The van der Waals surface area contributed by atoms with Crippen LogP contribution in [0.2, 0.25) is 0 Å². The Morgan fingerprint density at radius 3 is 2.90 bits per heavy atom. The minimum atomic E-state index is -0.171. The highest BCUT2D eigenvalue weighted by Crippen LogP contribution is 2.30. The molecule has 0 aliphatic carbocycles. The van der Waals surface area contributed by atoms with E-state index < -0.39 is 0 Å². The molecule has 0 fully saturated rings. The molecule has 7 nitrogen and oxygen atoms in total. The van der Waals surface area contributed by atoms with Crippen molar-refractivity contribution in [2.75, 3.05) is 13.2 Å². The monoisotopic (exact) mass is 286 g/mol. The first-order valence-corrected chi connectivity index (χ1v) is 6.37. The van der Waals surface area contributed by atoms with Crippen LogP contribution in [0.15, 0.2) is 52.5 Å². The molecule has 0 aliphatic heterocycles. The highest BCUT2D eigenvalue weighted by molar-refractivity contribution is 5.57. The van der Waals surface area contributed by atoms with Gasteiger partial charge in [0.2, 0.25) is 0 Å². The van der Waals surface area contributed by atoms with Crippen molar-refractivity contribution < 1.29 is 9.84 Å². The first-order valence-electron chi connectivity index (χ1n) is 6.37. The molecular formula is C14H14N4O3. The third-order valence-corrected chi connectivity index (χ3v) is 2.76. The summed E-state index contributed by atoms with van der Waals surface area (Å²) in [6, 6.07) is 9.74. The van der Waals surface area contributed by atoms with E-state index >= 15 is 0 Å². The van der Waals surface area contributed by atoms with Gasteiger partial charge in [0.1, 0.15) is 5.75 Å². The summed E-state index contributed by atoms with van der Waals surface area (Å²) in [5.41, 5.74) is 9.33. The number of hydrogen-bond donors (Lipinski definition) is 1. The van der Waals surface area contributed by atoms with Crippen LogP contribution in [0.5, 0.6) is 5.75 Å².